The van der Waals surface area contributed by atoms with Crippen LogP contribution in [0.5, 0.6) is 0 Å². The summed E-state index contributed by atoms with van der Waals surface area (Å²) in [6.45, 7) is 0.489. The molecule has 0 spiro atoms. The smallest absolute Gasteiger partial charge is 0.212 e. The van der Waals surface area contributed by atoms with Gasteiger partial charge in [0.1, 0.15) is 0 Å². The molecule has 9 heavy (non-hydrogen) atoms. The summed E-state index contributed by atoms with van der Waals surface area (Å²) in [4.78, 5) is 0. The van der Waals surface area contributed by atoms with Crippen LogP contribution in [0.2, 0.25) is 0 Å². The van der Waals surface area contributed by atoms with Crippen LogP contribution in [-0.2, 0) is 10.0 Å². The van der Waals surface area contributed by atoms with Gasteiger partial charge in [0.05, 0.1) is 5.75 Å². The number of hydrogen-bond acceptors (Lipinski definition) is 3. The fraction of sp³-hybridized carbons (Fsp3) is 1.00. The number of nitrogens with one attached hydrogen (secondary N) is 2. The van der Waals surface area contributed by atoms with E-state index in [4.69, 9.17) is 0 Å². The molecule has 0 aliphatic rings. The number of sulfonamides is 1. The van der Waals surface area contributed by atoms with Crippen molar-refractivity contribution in [3.63, 3.8) is 0 Å². The van der Waals surface area contributed by atoms with Gasteiger partial charge in [0, 0.05) is 6.54 Å². The normalized spacial score (nSPS) is 11.8. The van der Waals surface area contributed by atoms with Gasteiger partial charge in [-0.25, -0.2) is 13.1 Å². The first kappa shape index (κ1) is 8.87. The average molecular weight is 152 g/mol. The Kier molecular flexibility index (Phi) is 3.76. The molecule has 4 nitrogen and oxygen atoms in total. The number of rotatable bonds is 4. The topological polar surface area (TPSA) is 58.2 Å². The van der Waals surface area contributed by atoms with Crippen molar-refractivity contribution in [1.29, 1.82) is 0 Å². The van der Waals surface area contributed by atoms with Gasteiger partial charge in [-0.15, -0.1) is 0 Å². The Labute approximate surface area is 55.7 Å². The van der Waals surface area contributed by atoms with Crippen molar-refractivity contribution in [2.45, 2.75) is 0 Å². The molecule has 0 heterocycles. The summed E-state index contributed by atoms with van der Waals surface area (Å²) in [5.41, 5.74) is 0. The lowest BCUT2D eigenvalue weighted by Gasteiger charge is -1.99. The van der Waals surface area contributed by atoms with E-state index in [-0.39, 0.29) is 5.75 Å². The fourth-order valence-corrected chi connectivity index (χ4v) is 1.02. The van der Waals surface area contributed by atoms with E-state index in [9.17, 15) is 8.42 Å². The maximum atomic E-state index is 10.6. The van der Waals surface area contributed by atoms with Crippen molar-refractivity contribution in [2.75, 3.05) is 26.4 Å². The highest BCUT2D eigenvalue weighted by Crippen LogP contribution is 1.77. The van der Waals surface area contributed by atoms with Gasteiger partial charge in [-0.3, -0.25) is 0 Å². The molecule has 0 aromatic carbocycles. The van der Waals surface area contributed by atoms with E-state index in [1.165, 1.54) is 7.05 Å². The molecule has 2 N–H and O–H groups in total. The maximum Gasteiger partial charge on any atom is 0.212 e. The summed E-state index contributed by atoms with van der Waals surface area (Å²) >= 11 is 0. The van der Waals surface area contributed by atoms with E-state index >= 15 is 0 Å². The fourth-order valence-electron chi connectivity index (χ4n) is 0.338. The Bertz CT molecular complexity index is 152. The highest BCUT2D eigenvalue weighted by atomic mass is 32.2. The zero-order chi connectivity index (χ0) is 7.33. The minimum Gasteiger partial charge on any atom is -0.319 e. The molecule has 0 bridgehead atoms. The Morgan fingerprint density at radius 1 is 1.33 bits per heavy atom. The third kappa shape index (κ3) is 4.38. The van der Waals surface area contributed by atoms with Crippen LogP contribution in [0.15, 0.2) is 0 Å². The first-order valence-corrected chi connectivity index (χ1v) is 4.33. The van der Waals surface area contributed by atoms with E-state index in [0.29, 0.717) is 6.54 Å². The van der Waals surface area contributed by atoms with Gasteiger partial charge in [-0.2, -0.15) is 0 Å². The lowest BCUT2D eigenvalue weighted by atomic mass is 10.8. The van der Waals surface area contributed by atoms with E-state index in [1.54, 1.807) is 7.05 Å². The van der Waals surface area contributed by atoms with Gasteiger partial charge in [0.15, 0.2) is 0 Å². The summed E-state index contributed by atoms with van der Waals surface area (Å²) in [6, 6.07) is 0. The lowest BCUT2D eigenvalue weighted by molar-refractivity contribution is 0.586. The molecule has 0 fully saturated rings. The van der Waals surface area contributed by atoms with Crippen LogP contribution in [0.25, 0.3) is 0 Å². The van der Waals surface area contributed by atoms with Crippen LogP contribution < -0.4 is 10.0 Å². The lowest BCUT2D eigenvalue weighted by Crippen LogP contribution is -2.27. The quantitative estimate of drug-likeness (QED) is 0.529. The first-order valence-electron chi connectivity index (χ1n) is 2.68. The molecular formula is C4H12N2O2S. The zero-order valence-corrected chi connectivity index (χ0v) is 6.46. The standard InChI is InChI=1S/C4H12N2O2S/c1-5-3-4-9(7,8)6-2/h5-6H,3-4H2,1-2H3. The third-order valence-corrected chi connectivity index (χ3v) is 2.30. The number of hydrogen-bond donors (Lipinski definition) is 2. The van der Waals surface area contributed by atoms with Crippen molar-refractivity contribution in [3.05, 3.63) is 0 Å². The van der Waals surface area contributed by atoms with Gasteiger partial charge in [0.25, 0.3) is 0 Å². The summed E-state index contributed by atoms with van der Waals surface area (Å²) in [6.07, 6.45) is 0. The Morgan fingerprint density at radius 3 is 2.22 bits per heavy atom. The minimum absolute atomic E-state index is 0.139. The van der Waals surface area contributed by atoms with Crippen LogP contribution in [0.1, 0.15) is 0 Å². The third-order valence-electron chi connectivity index (χ3n) is 0.932. The van der Waals surface area contributed by atoms with Gasteiger partial charge in [-0.05, 0) is 14.1 Å². The second kappa shape index (κ2) is 3.81. The second-order valence-electron chi connectivity index (χ2n) is 1.63. The molecule has 0 aromatic heterocycles. The highest BCUT2D eigenvalue weighted by molar-refractivity contribution is 7.89. The SMILES string of the molecule is CNCCS(=O)(=O)NC. The summed E-state index contributed by atoms with van der Waals surface area (Å²) < 4.78 is 23.4. The van der Waals surface area contributed by atoms with Crippen molar-refractivity contribution in [2.24, 2.45) is 0 Å². The molecule has 0 atom stereocenters. The summed E-state index contributed by atoms with van der Waals surface area (Å²) in [5, 5.41) is 2.74. The molecule has 0 aliphatic heterocycles. The predicted molar refractivity (Wildman–Crippen MR) is 36.8 cm³/mol. The van der Waals surface area contributed by atoms with Crippen molar-refractivity contribution in [1.82, 2.24) is 10.0 Å². The molecule has 5 heteroatoms. The highest BCUT2D eigenvalue weighted by Gasteiger charge is 2.03. The van der Waals surface area contributed by atoms with Crippen LogP contribution >= 0.6 is 0 Å². The van der Waals surface area contributed by atoms with Gasteiger partial charge >= 0.3 is 0 Å². The van der Waals surface area contributed by atoms with Crippen LogP contribution in [0.4, 0.5) is 0 Å². The van der Waals surface area contributed by atoms with Crippen LogP contribution in [-0.4, -0.2) is 34.8 Å². The Morgan fingerprint density at radius 2 is 1.89 bits per heavy atom. The van der Waals surface area contributed by atoms with E-state index in [1.807, 2.05) is 0 Å². The molecule has 56 valence electrons. The van der Waals surface area contributed by atoms with Crippen molar-refractivity contribution >= 4 is 10.0 Å². The van der Waals surface area contributed by atoms with Gasteiger partial charge < -0.3 is 5.32 Å². The largest absolute Gasteiger partial charge is 0.319 e. The molecule has 0 aliphatic carbocycles. The van der Waals surface area contributed by atoms with E-state index in [0.717, 1.165) is 0 Å². The molecule has 0 rings (SSSR count). The van der Waals surface area contributed by atoms with Crippen molar-refractivity contribution in [3.8, 4) is 0 Å². The molecule has 0 aromatic rings. The molecular weight excluding hydrogens is 140 g/mol. The molecule has 0 radical (unpaired) electrons. The van der Waals surface area contributed by atoms with E-state index < -0.39 is 10.0 Å². The molecule has 0 amide bonds. The maximum absolute atomic E-state index is 10.6. The van der Waals surface area contributed by atoms with Crippen molar-refractivity contribution < 1.29 is 8.42 Å². The van der Waals surface area contributed by atoms with E-state index in [2.05, 4.69) is 10.0 Å². The molecule has 0 unspecified atom stereocenters. The van der Waals surface area contributed by atoms with Crippen LogP contribution in [0.3, 0.4) is 0 Å². The monoisotopic (exact) mass is 152 g/mol. The van der Waals surface area contributed by atoms with Crippen LogP contribution in [0, 0.1) is 0 Å². The minimum atomic E-state index is -2.99. The average Bonchev–Trinajstić information content (AvgIpc) is 1.84. The predicted octanol–water partition coefficient (Wildman–Crippen LogP) is -1.24. The summed E-state index contributed by atoms with van der Waals surface area (Å²) in [7, 11) is 0.127. The summed E-state index contributed by atoms with van der Waals surface area (Å²) in [5.74, 6) is 0.139. The van der Waals surface area contributed by atoms with Gasteiger partial charge in [0.2, 0.25) is 10.0 Å². The Hall–Kier alpha value is -0.130. The Balaban J connectivity index is 3.61. The first-order chi connectivity index (χ1) is 4.12. The zero-order valence-electron chi connectivity index (χ0n) is 5.64. The van der Waals surface area contributed by atoms with Gasteiger partial charge in [-0.1, -0.05) is 0 Å². The molecule has 0 saturated heterocycles. The second-order valence-corrected chi connectivity index (χ2v) is 3.67. The molecule has 0 saturated carbocycles.